The Morgan fingerprint density at radius 2 is 2.14 bits per heavy atom. The minimum Gasteiger partial charge on any atom is -0.510 e. The molecule has 2 aromatic rings. The quantitative estimate of drug-likeness (QED) is 0.909. The molecule has 2 heterocycles. The zero-order valence-electron chi connectivity index (χ0n) is 11.5. The lowest BCUT2D eigenvalue weighted by molar-refractivity contribution is -0.116. The molecule has 112 valence electrons. The third-order valence-electron chi connectivity index (χ3n) is 3.96. The number of benzene rings is 1. The van der Waals surface area contributed by atoms with Crippen LogP contribution in [0.3, 0.4) is 0 Å². The lowest BCUT2D eigenvalue weighted by Crippen LogP contribution is -2.27. The third-order valence-corrected chi connectivity index (χ3v) is 3.96. The van der Waals surface area contributed by atoms with Crippen molar-refractivity contribution in [3.05, 3.63) is 48.3 Å². The Morgan fingerprint density at radius 3 is 2.95 bits per heavy atom. The van der Waals surface area contributed by atoms with Gasteiger partial charge in [0.25, 0.3) is 0 Å². The zero-order chi connectivity index (χ0) is 15.1. The molecule has 7 nitrogen and oxygen atoms in total. The largest absolute Gasteiger partial charge is 0.510 e. The van der Waals surface area contributed by atoms with E-state index < -0.39 is 6.04 Å². The number of aliphatic hydroxyl groups is 1. The highest BCUT2D eigenvalue weighted by molar-refractivity contribution is 5.92. The van der Waals surface area contributed by atoms with Gasteiger partial charge in [-0.2, -0.15) is 5.10 Å². The SMILES string of the molecule is O=C1C=C(O)[C@@H](n2cncn2)[C@@H](c2ccc3c(c2)OCO3)C1. The van der Waals surface area contributed by atoms with E-state index in [1.807, 2.05) is 18.2 Å². The molecule has 7 heteroatoms. The van der Waals surface area contributed by atoms with Gasteiger partial charge in [-0.25, -0.2) is 9.67 Å². The van der Waals surface area contributed by atoms with Crippen molar-refractivity contribution in [1.29, 1.82) is 0 Å². The van der Waals surface area contributed by atoms with E-state index >= 15 is 0 Å². The first kappa shape index (κ1) is 12.9. The number of nitrogens with zero attached hydrogens (tertiary/aromatic N) is 3. The molecule has 2 aliphatic rings. The molecule has 1 N–H and O–H groups in total. The van der Waals surface area contributed by atoms with Crippen molar-refractivity contribution >= 4 is 5.78 Å². The molecule has 1 aliphatic carbocycles. The smallest absolute Gasteiger partial charge is 0.231 e. The summed E-state index contributed by atoms with van der Waals surface area (Å²) in [5.74, 6) is 0.967. The van der Waals surface area contributed by atoms with Gasteiger partial charge in [-0.1, -0.05) is 6.07 Å². The standard InChI is InChI=1S/C15H13N3O4/c19-10-4-11(9-1-2-13-14(3-9)22-8-21-13)15(12(20)5-10)18-7-16-6-17-18/h1-3,5-7,11,15,20H,4,8H2/t11-,15+/m1/s1. The number of carbonyl (C=O) groups is 1. The van der Waals surface area contributed by atoms with Gasteiger partial charge in [0.1, 0.15) is 24.5 Å². The molecule has 4 rings (SSSR count). The van der Waals surface area contributed by atoms with Crippen molar-refractivity contribution in [3.63, 3.8) is 0 Å². The fourth-order valence-electron chi connectivity index (χ4n) is 2.97. The van der Waals surface area contributed by atoms with Crippen molar-refractivity contribution < 1.29 is 19.4 Å². The summed E-state index contributed by atoms with van der Waals surface area (Å²) >= 11 is 0. The van der Waals surface area contributed by atoms with Crippen molar-refractivity contribution in [2.24, 2.45) is 0 Å². The summed E-state index contributed by atoms with van der Waals surface area (Å²) < 4.78 is 12.3. The Labute approximate surface area is 125 Å². The van der Waals surface area contributed by atoms with Crippen molar-refractivity contribution in [2.45, 2.75) is 18.4 Å². The molecule has 0 unspecified atom stereocenters. The van der Waals surface area contributed by atoms with Gasteiger partial charge in [0.15, 0.2) is 17.3 Å². The number of carbonyl (C=O) groups excluding carboxylic acids is 1. The fourth-order valence-corrected chi connectivity index (χ4v) is 2.97. The molecule has 1 aromatic carbocycles. The summed E-state index contributed by atoms with van der Waals surface area (Å²) in [6.45, 7) is 0.194. The van der Waals surface area contributed by atoms with Gasteiger partial charge < -0.3 is 14.6 Å². The summed E-state index contributed by atoms with van der Waals surface area (Å²) in [5, 5.41) is 14.3. The molecule has 2 atom stereocenters. The molecule has 1 aliphatic heterocycles. The van der Waals surface area contributed by atoms with E-state index in [0.29, 0.717) is 11.5 Å². The number of hydrogen-bond donors (Lipinski definition) is 1. The first-order valence-corrected chi connectivity index (χ1v) is 6.89. The second-order valence-corrected chi connectivity index (χ2v) is 5.28. The third kappa shape index (κ3) is 2.02. The van der Waals surface area contributed by atoms with Crippen LogP contribution < -0.4 is 9.47 Å². The molecular weight excluding hydrogens is 286 g/mol. The van der Waals surface area contributed by atoms with Gasteiger partial charge in [-0.05, 0) is 17.7 Å². The number of ketones is 1. The zero-order valence-corrected chi connectivity index (χ0v) is 11.5. The van der Waals surface area contributed by atoms with Gasteiger partial charge >= 0.3 is 0 Å². The maximum atomic E-state index is 11.9. The van der Waals surface area contributed by atoms with Gasteiger partial charge in [0.2, 0.25) is 6.79 Å². The number of aliphatic hydroxyl groups excluding tert-OH is 1. The monoisotopic (exact) mass is 299 g/mol. The molecule has 0 spiro atoms. The predicted molar refractivity (Wildman–Crippen MR) is 74.7 cm³/mol. The van der Waals surface area contributed by atoms with E-state index in [1.54, 1.807) is 4.68 Å². The van der Waals surface area contributed by atoms with E-state index in [9.17, 15) is 9.90 Å². The predicted octanol–water partition coefficient (Wildman–Crippen LogP) is 1.75. The van der Waals surface area contributed by atoms with Crippen LogP contribution in [0.15, 0.2) is 42.7 Å². The van der Waals surface area contributed by atoms with Crippen LogP contribution >= 0.6 is 0 Å². The summed E-state index contributed by atoms with van der Waals surface area (Å²) in [7, 11) is 0. The Morgan fingerprint density at radius 1 is 1.27 bits per heavy atom. The average molecular weight is 299 g/mol. The maximum Gasteiger partial charge on any atom is 0.231 e. The van der Waals surface area contributed by atoms with Crippen molar-refractivity contribution in [2.75, 3.05) is 6.79 Å². The summed E-state index contributed by atoms with van der Waals surface area (Å²) in [4.78, 5) is 15.8. The van der Waals surface area contributed by atoms with Gasteiger partial charge in [-0.3, -0.25) is 4.79 Å². The number of aromatic nitrogens is 3. The Hall–Kier alpha value is -2.83. The lowest BCUT2D eigenvalue weighted by atomic mass is 9.82. The second-order valence-electron chi connectivity index (χ2n) is 5.28. The van der Waals surface area contributed by atoms with Crippen molar-refractivity contribution in [1.82, 2.24) is 14.8 Å². The number of hydrogen-bond acceptors (Lipinski definition) is 6. The highest BCUT2D eigenvalue weighted by atomic mass is 16.7. The van der Waals surface area contributed by atoms with E-state index in [1.165, 1.54) is 18.7 Å². The first-order valence-electron chi connectivity index (χ1n) is 6.89. The Balaban J connectivity index is 1.78. The molecule has 0 radical (unpaired) electrons. The maximum absolute atomic E-state index is 11.9. The van der Waals surface area contributed by atoms with Crippen molar-refractivity contribution in [3.8, 4) is 11.5 Å². The average Bonchev–Trinajstić information content (AvgIpc) is 3.16. The summed E-state index contributed by atoms with van der Waals surface area (Å²) in [5.41, 5.74) is 0.887. The molecule has 0 saturated carbocycles. The van der Waals surface area contributed by atoms with Crippen LogP contribution in [0.5, 0.6) is 11.5 Å². The Kier molecular flexibility index (Phi) is 2.85. The molecule has 0 fully saturated rings. The highest BCUT2D eigenvalue weighted by Crippen LogP contribution is 2.42. The van der Waals surface area contributed by atoms with Crippen LogP contribution in [0.1, 0.15) is 23.9 Å². The van der Waals surface area contributed by atoms with Gasteiger partial charge in [0.05, 0.1) is 0 Å². The van der Waals surface area contributed by atoms with E-state index in [0.717, 1.165) is 5.56 Å². The van der Waals surface area contributed by atoms with E-state index in [4.69, 9.17) is 9.47 Å². The van der Waals surface area contributed by atoms with Gasteiger partial charge in [0, 0.05) is 18.4 Å². The summed E-state index contributed by atoms with van der Waals surface area (Å²) in [6.07, 6.45) is 4.48. The van der Waals surface area contributed by atoms with Crippen LogP contribution in [0.25, 0.3) is 0 Å². The molecule has 0 amide bonds. The number of ether oxygens (including phenoxy) is 2. The molecule has 0 bridgehead atoms. The van der Waals surface area contributed by atoms with E-state index in [2.05, 4.69) is 10.1 Å². The van der Waals surface area contributed by atoms with Crippen LogP contribution in [0.2, 0.25) is 0 Å². The number of fused-ring (bicyclic) bond motifs is 1. The highest BCUT2D eigenvalue weighted by Gasteiger charge is 2.35. The lowest BCUT2D eigenvalue weighted by Gasteiger charge is -2.29. The number of allylic oxidation sites excluding steroid dienone is 2. The van der Waals surface area contributed by atoms with E-state index in [-0.39, 0.29) is 30.7 Å². The topological polar surface area (TPSA) is 86.5 Å². The summed E-state index contributed by atoms with van der Waals surface area (Å²) in [6, 6.07) is 5.09. The molecule has 1 aromatic heterocycles. The minimum absolute atomic E-state index is 0.00980. The van der Waals surface area contributed by atoms with Crippen LogP contribution in [0, 0.1) is 0 Å². The van der Waals surface area contributed by atoms with Gasteiger partial charge in [-0.15, -0.1) is 0 Å². The first-order chi connectivity index (χ1) is 10.7. The van der Waals surface area contributed by atoms with Crippen LogP contribution in [-0.2, 0) is 4.79 Å². The molecular formula is C15H13N3O4. The van der Waals surface area contributed by atoms with Crippen LogP contribution in [-0.4, -0.2) is 32.4 Å². The second kappa shape index (κ2) is 4.87. The molecule has 0 saturated heterocycles. The minimum atomic E-state index is -0.458. The van der Waals surface area contributed by atoms with Crippen LogP contribution in [0.4, 0.5) is 0 Å². The Bertz CT molecular complexity index is 754. The molecule has 22 heavy (non-hydrogen) atoms. The fraction of sp³-hybridized carbons (Fsp3) is 0.267. The normalized spacial score (nSPS) is 23.5. The number of rotatable bonds is 2.